The summed E-state index contributed by atoms with van der Waals surface area (Å²) in [6.07, 6.45) is 8.22. The van der Waals surface area contributed by atoms with Gasteiger partial charge < -0.3 is 20.3 Å². The Morgan fingerprint density at radius 1 is 1.13 bits per heavy atom. The zero-order valence-electron chi connectivity index (χ0n) is 30.1. The molecule has 4 aromatic heterocycles. The van der Waals surface area contributed by atoms with Crippen LogP contribution in [0.25, 0.3) is 22.2 Å². The van der Waals surface area contributed by atoms with Gasteiger partial charge in [0.25, 0.3) is 0 Å². The van der Waals surface area contributed by atoms with Crippen molar-refractivity contribution in [2.45, 2.75) is 73.1 Å². The summed E-state index contributed by atoms with van der Waals surface area (Å²) < 4.78 is 7.70. The molecule has 0 spiro atoms. The molecule has 4 aromatic rings. The van der Waals surface area contributed by atoms with Gasteiger partial charge in [0.05, 0.1) is 24.0 Å². The van der Waals surface area contributed by atoms with E-state index in [9.17, 15) is 19.2 Å². The number of anilines is 1. The summed E-state index contributed by atoms with van der Waals surface area (Å²) in [4.78, 5) is 73.0. The summed E-state index contributed by atoms with van der Waals surface area (Å²) in [5, 5.41) is 11.0. The number of carbonyl (C=O) groups excluding carboxylic acids is 4. The Kier molecular flexibility index (Phi) is 12.3. The number of hydrogen-bond acceptors (Lipinski definition) is 10. The second-order valence-electron chi connectivity index (χ2n) is 13.6. The molecule has 1 saturated heterocycles. The van der Waals surface area contributed by atoms with Gasteiger partial charge in [-0.15, -0.1) is 6.58 Å². The van der Waals surface area contributed by atoms with Gasteiger partial charge in [0, 0.05) is 60.9 Å². The fourth-order valence-corrected chi connectivity index (χ4v) is 6.40. The molecule has 1 aliphatic rings. The average molecular weight is 775 g/mol. The average Bonchev–Trinajstić information content (AvgIpc) is 3.70. The highest BCUT2D eigenvalue weighted by Crippen LogP contribution is 2.29. The van der Waals surface area contributed by atoms with Gasteiger partial charge in [0.2, 0.25) is 17.7 Å². The monoisotopic (exact) mass is 773 g/mol. The van der Waals surface area contributed by atoms with Crippen molar-refractivity contribution in [3.8, 4) is 11.3 Å². The number of rotatable bonds is 15. The maximum atomic E-state index is 14.2. The number of ether oxygens (including phenoxy) is 1. The van der Waals surface area contributed by atoms with Crippen molar-refractivity contribution in [1.29, 1.82) is 0 Å². The molecule has 14 nitrogen and oxygen atoms in total. The van der Waals surface area contributed by atoms with E-state index in [0.29, 0.717) is 63.4 Å². The molecule has 2 atom stereocenters. The van der Waals surface area contributed by atoms with E-state index in [-0.39, 0.29) is 55.5 Å². The third-order valence-electron chi connectivity index (χ3n) is 8.96. The smallest absolute Gasteiger partial charge is 0.248 e. The third kappa shape index (κ3) is 8.94. The summed E-state index contributed by atoms with van der Waals surface area (Å²) in [6.45, 7) is 13.7. The van der Waals surface area contributed by atoms with Crippen molar-refractivity contribution in [2.24, 2.45) is 11.3 Å². The Balaban J connectivity index is 1.42. The van der Waals surface area contributed by atoms with Crippen LogP contribution < -0.4 is 10.6 Å². The van der Waals surface area contributed by atoms with Crippen LogP contribution in [0.3, 0.4) is 0 Å². The number of Topliss-reactive ketones (excluding diaryl/α,β-unsaturated/α-hetero) is 1. The molecule has 0 saturated carbocycles. The maximum absolute atomic E-state index is 14.2. The van der Waals surface area contributed by atoms with Gasteiger partial charge in [-0.3, -0.25) is 28.8 Å². The van der Waals surface area contributed by atoms with Crippen molar-refractivity contribution in [2.75, 3.05) is 25.0 Å². The van der Waals surface area contributed by atoms with E-state index >= 15 is 0 Å². The highest BCUT2D eigenvalue weighted by molar-refractivity contribution is 9.10. The van der Waals surface area contributed by atoms with Gasteiger partial charge in [-0.25, -0.2) is 15.0 Å². The first-order valence-electron chi connectivity index (χ1n) is 17.2. The molecule has 2 N–H and O–H groups in total. The first-order valence-corrected chi connectivity index (χ1v) is 18.0. The zero-order valence-corrected chi connectivity index (χ0v) is 31.7. The van der Waals surface area contributed by atoms with Crippen molar-refractivity contribution < 1.29 is 23.9 Å². The van der Waals surface area contributed by atoms with E-state index in [1.807, 2.05) is 26.8 Å². The van der Waals surface area contributed by atoms with Gasteiger partial charge >= 0.3 is 0 Å². The molecule has 5 heterocycles. The second-order valence-corrected chi connectivity index (χ2v) is 14.4. The lowest BCUT2D eigenvalue weighted by molar-refractivity contribution is -0.137. The predicted octanol–water partition coefficient (Wildman–Crippen LogP) is 5.06. The number of hydrogen-bond donors (Lipinski definition) is 2. The fourth-order valence-electron chi connectivity index (χ4n) is 6.09. The van der Waals surface area contributed by atoms with Crippen molar-refractivity contribution >= 4 is 56.2 Å². The number of pyridine rings is 2. The van der Waals surface area contributed by atoms with Crippen LogP contribution in [0.2, 0.25) is 0 Å². The second kappa shape index (κ2) is 16.6. The largest absolute Gasteiger partial charge is 0.377 e. The number of halogens is 1. The van der Waals surface area contributed by atoms with E-state index in [4.69, 9.17) is 4.74 Å². The zero-order chi connectivity index (χ0) is 37.6. The van der Waals surface area contributed by atoms with Crippen LogP contribution in [0, 0.1) is 18.3 Å². The first-order chi connectivity index (χ1) is 24.8. The lowest BCUT2D eigenvalue weighted by atomic mass is 9.88. The fraction of sp³-hybridized carbons (Fsp3) is 0.432. The van der Waals surface area contributed by atoms with Crippen LogP contribution >= 0.6 is 15.9 Å². The highest BCUT2D eigenvalue weighted by atomic mass is 79.9. The van der Waals surface area contributed by atoms with Crippen LogP contribution in [-0.2, 0) is 32.3 Å². The van der Waals surface area contributed by atoms with Crippen molar-refractivity contribution in [3.05, 3.63) is 71.1 Å². The van der Waals surface area contributed by atoms with Crippen LogP contribution in [-0.4, -0.2) is 83.9 Å². The lowest BCUT2D eigenvalue weighted by Crippen LogP contribution is -2.45. The Morgan fingerprint density at radius 3 is 2.58 bits per heavy atom. The van der Waals surface area contributed by atoms with Gasteiger partial charge in [0.1, 0.15) is 34.5 Å². The van der Waals surface area contributed by atoms with Crippen molar-refractivity contribution in [1.82, 2.24) is 39.9 Å². The first kappa shape index (κ1) is 38.3. The van der Waals surface area contributed by atoms with Gasteiger partial charge in [-0.05, 0) is 60.2 Å². The number of carbonyl (C=O) groups is 4. The van der Waals surface area contributed by atoms with Gasteiger partial charge in [-0.2, -0.15) is 5.10 Å². The van der Waals surface area contributed by atoms with E-state index in [1.165, 1.54) is 16.5 Å². The van der Waals surface area contributed by atoms with E-state index in [1.54, 1.807) is 43.7 Å². The summed E-state index contributed by atoms with van der Waals surface area (Å²) in [7, 11) is 0. The minimum atomic E-state index is -0.874. The Labute approximate surface area is 311 Å². The Hall–Kier alpha value is -4.89. The molecule has 3 amide bonds. The topological polar surface area (TPSA) is 174 Å². The molecule has 0 radical (unpaired) electrons. The van der Waals surface area contributed by atoms with Crippen LogP contribution in [0.4, 0.5) is 5.82 Å². The molecule has 1 aliphatic heterocycles. The Bertz CT molecular complexity index is 1980. The number of aryl methyl sites for hydroxylation is 1. The molecule has 0 unspecified atom stereocenters. The van der Waals surface area contributed by atoms with E-state index in [2.05, 4.69) is 58.2 Å². The van der Waals surface area contributed by atoms with E-state index < -0.39 is 17.4 Å². The summed E-state index contributed by atoms with van der Waals surface area (Å²) in [6, 6.07) is 4.46. The summed E-state index contributed by atoms with van der Waals surface area (Å²) in [5.74, 6) is -0.489. The molecule has 0 aliphatic carbocycles. The Morgan fingerprint density at radius 2 is 1.88 bits per heavy atom. The van der Waals surface area contributed by atoms with Gasteiger partial charge in [-0.1, -0.05) is 32.9 Å². The molecule has 52 heavy (non-hydrogen) atoms. The lowest BCUT2D eigenvalue weighted by Gasteiger charge is -2.24. The number of amides is 3. The molecular weight excluding hydrogens is 730 g/mol. The number of ketones is 1. The minimum Gasteiger partial charge on any atom is -0.377 e. The molecule has 15 heteroatoms. The van der Waals surface area contributed by atoms with Gasteiger partial charge in [0.15, 0.2) is 5.78 Å². The molecule has 0 aromatic carbocycles. The highest BCUT2D eigenvalue weighted by Gasteiger charge is 2.41. The number of aromatic nitrogens is 6. The number of nitrogens with zero attached hydrogens (tertiary/aromatic N) is 7. The van der Waals surface area contributed by atoms with Crippen LogP contribution in [0.15, 0.2) is 54.0 Å². The minimum absolute atomic E-state index is 0.142. The summed E-state index contributed by atoms with van der Waals surface area (Å²) in [5.41, 5.74) is 1.93. The normalized spacial score (nSPS) is 15.8. The molecular formula is C37H44BrN9O5. The standard InChI is InChI=1S/C37H44BrN9O5/c1-7-11-37(5,6)36(51)42-15-24-13-29(35(50)44-34-25(21-52-12-8-2)9-10-31(38)43-34)46(19-24)32(49)20-47-30-18-41-28(26-16-39-23(4)40-17-26)14-27(30)33(45-47)22(3)48/h7,9-10,14,16-18,24,29H,1,8,11-13,15,19-21H2,2-6H3,(H,42,51)(H,43,44,50)/t24-,29+/m1/s1. The molecule has 0 bridgehead atoms. The summed E-state index contributed by atoms with van der Waals surface area (Å²) >= 11 is 3.39. The molecule has 5 rings (SSSR count). The number of likely N-dealkylation sites (tertiary alicyclic amines) is 1. The predicted molar refractivity (Wildman–Crippen MR) is 199 cm³/mol. The number of allylic oxidation sites excluding steroid dienone is 1. The number of fused-ring (bicyclic) bond motifs is 1. The van der Waals surface area contributed by atoms with Crippen LogP contribution in [0.5, 0.6) is 0 Å². The molecule has 274 valence electrons. The van der Waals surface area contributed by atoms with Crippen molar-refractivity contribution in [3.63, 3.8) is 0 Å². The SMILES string of the molecule is C=CCC(C)(C)C(=O)NC[C@H]1C[C@@H](C(=O)Nc2nc(Br)ccc2COCCC)N(C(=O)Cn2nc(C(C)=O)c3cc(-c4cnc(C)nc4)ncc32)C1. The van der Waals surface area contributed by atoms with E-state index in [0.717, 1.165) is 6.42 Å². The van der Waals surface area contributed by atoms with Crippen LogP contribution in [0.1, 0.15) is 68.8 Å². The quantitative estimate of drug-likeness (QED) is 0.0720. The third-order valence-corrected chi connectivity index (χ3v) is 9.40. The maximum Gasteiger partial charge on any atom is 0.248 e. The molecule has 1 fully saturated rings. The number of nitrogens with one attached hydrogen (secondary N) is 2.